The number of aromatic hydroxyl groups is 1. The summed E-state index contributed by atoms with van der Waals surface area (Å²) < 4.78 is 13.3. The average Bonchev–Trinajstić information content (AvgIpc) is 2.70. The van der Waals surface area contributed by atoms with E-state index in [1.807, 2.05) is 0 Å². The number of aromatic nitrogens is 2. The molecule has 6 heteroatoms. The Labute approximate surface area is 89.9 Å². The second kappa shape index (κ2) is 4.01. The first-order valence-electron chi connectivity index (χ1n) is 4.46. The molecular weight excluding hydrogens is 213 g/mol. The van der Waals surface area contributed by atoms with Crippen molar-refractivity contribution in [2.75, 3.05) is 5.32 Å². The van der Waals surface area contributed by atoms with Crippen molar-refractivity contribution in [3.05, 3.63) is 41.8 Å². The summed E-state index contributed by atoms with van der Waals surface area (Å²) in [6, 6.07) is 5.17. The SMILES string of the molecule is O=C(Nc1ccn[nH]1)c1c(O)cccc1F. The van der Waals surface area contributed by atoms with Crippen LogP contribution in [0.15, 0.2) is 30.5 Å². The lowest BCUT2D eigenvalue weighted by atomic mass is 10.2. The molecule has 0 atom stereocenters. The van der Waals surface area contributed by atoms with Crippen LogP contribution in [-0.2, 0) is 0 Å². The Morgan fingerprint density at radius 3 is 2.88 bits per heavy atom. The monoisotopic (exact) mass is 221 g/mol. The van der Waals surface area contributed by atoms with Crippen molar-refractivity contribution in [1.82, 2.24) is 10.2 Å². The van der Waals surface area contributed by atoms with E-state index in [-0.39, 0.29) is 0 Å². The van der Waals surface area contributed by atoms with Gasteiger partial charge in [-0.15, -0.1) is 0 Å². The Morgan fingerprint density at radius 1 is 1.44 bits per heavy atom. The van der Waals surface area contributed by atoms with Gasteiger partial charge in [0, 0.05) is 6.07 Å². The normalized spacial score (nSPS) is 10.1. The van der Waals surface area contributed by atoms with Crippen molar-refractivity contribution < 1.29 is 14.3 Å². The van der Waals surface area contributed by atoms with Crippen LogP contribution in [-0.4, -0.2) is 21.2 Å². The van der Waals surface area contributed by atoms with Crippen LogP contribution in [0.1, 0.15) is 10.4 Å². The molecule has 0 aliphatic rings. The number of anilines is 1. The molecule has 0 aliphatic carbocycles. The number of hydrogen-bond donors (Lipinski definition) is 3. The first-order chi connectivity index (χ1) is 7.68. The van der Waals surface area contributed by atoms with Crippen LogP contribution in [0, 0.1) is 5.82 Å². The number of phenolic OH excluding ortho intramolecular Hbond substituents is 1. The van der Waals surface area contributed by atoms with Gasteiger partial charge in [0.15, 0.2) is 0 Å². The molecule has 2 aromatic rings. The fourth-order valence-corrected chi connectivity index (χ4v) is 1.25. The number of phenols is 1. The third-order valence-corrected chi connectivity index (χ3v) is 1.97. The second-order valence-electron chi connectivity index (χ2n) is 3.06. The van der Waals surface area contributed by atoms with Crippen molar-refractivity contribution in [2.45, 2.75) is 0 Å². The molecule has 5 nitrogen and oxygen atoms in total. The maximum absolute atomic E-state index is 13.3. The molecule has 0 aliphatic heterocycles. The van der Waals surface area contributed by atoms with E-state index in [1.165, 1.54) is 24.4 Å². The van der Waals surface area contributed by atoms with E-state index in [2.05, 4.69) is 15.5 Å². The van der Waals surface area contributed by atoms with Crippen molar-refractivity contribution in [3.63, 3.8) is 0 Å². The van der Waals surface area contributed by atoms with E-state index in [1.54, 1.807) is 0 Å². The standard InChI is InChI=1S/C10H8FN3O2/c11-6-2-1-3-7(15)9(6)10(16)13-8-4-5-12-14-8/h1-5,15H,(H2,12,13,14,16). The zero-order valence-electron chi connectivity index (χ0n) is 8.07. The van der Waals surface area contributed by atoms with E-state index < -0.39 is 23.0 Å². The van der Waals surface area contributed by atoms with Crippen LogP contribution in [0.2, 0.25) is 0 Å². The Morgan fingerprint density at radius 2 is 2.25 bits per heavy atom. The number of H-pyrrole nitrogens is 1. The van der Waals surface area contributed by atoms with E-state index in [9.17, 15) is 14.3 Å². The van der Waals surface area contributed by atoms with E-state index >= 15 is 0 Å². The molecule has 0 unspecified atom stereocenters. The average molecular weight is 221 g/mol. The molecule has 1 amide bonds. The largest absolute Gasteiger partial charge is 0.507 e. The van der Waals surface area contributed by atoms with Crippen molar-refractivity contribution in [2.24, 2.45) is 0 Å². The molecule has 0 bridgehead atoms. The van der Waals surface area contributed by atoms with Crippen LogP contribution < -0.4 is 5.32 Å². The third-order valence-electron chi connectivity index (χ3n) is 1.97. The molecule has 1 heterocycles. The summed E-state index contributed by atoms with van der Waals surface area (Å²) in [7, 11) is 0. The van der Waals surface area contributed by atoms with Gasteiger partial charge in [-0.3, -0.25) is 9.89 Å². The van der Waals surface area contributed by atoms with Crippen molar-refractivity contribution in [3.8, 4) is 5.75 Å². The van der Waals surface area contributed by atoms with Gasteiger partial charge in [0.25, 0.3) is 5.91 Å². The summed E-state index contributed by atoms with van der Waals surface area (Å²) in [5.74, 6) is -1.60. The quantitative estimate of drug-likeness (QED) is 0.719. The van der Waals surface area contributed by atoms with Gasteiger partial charge in [0.05, 0.1) is 6.20 Å². The van der Waals surface area contributed by atoms with Gasteiger partial charge in [-0.25, -0.2) is 4.39 Å². The number of nitrogens with zero attached hydrogens (tertiary/aromatic N) is 1. The summed E-state index contributed by atoms with van der Waals surface area (Å²) in [6.07, 6.45) is 1.44. The summed E-state index contributed by atoms with van der Waals surface area (Å²) in [6.45, 7) is 0. The van der Waals surface area contributed by atoms with Gasteiger partial charge in [0.2, 0.25) is 0 Å². The summed E-state index contributed by atoms with van der Waals surface area (Å²) in [4.78, 5) is 11.6. The number of carbonyl (C=O) groups excluding carboxylic acids is 1. The smallest absolute Gasteiger partial charge is 0.263 e. The molecular formula is C10H8FN3O2. The minimum atomic E-state index is -0.781. The molecule has 16 heavy (non-hydrogen) atoms. The summed E-state index contributed by atoms with van der Waals surface area (Å²) in [5, 5.41) is 17.8. The number of rotatable bonds is 2. The number of aromatic amines is 1. The van der Waals surface area contributed by atoms with Gasteiger partial charge < -0.3 is 10.4 Å². The van der Waals surface area contributed by atoms with Crippen LogP contribution in [0.25, 0.3) is 0 Å². The number of halogens is 1. The Kier molecular flexibility index (Phi) is 2.55. The molecule has 1 aromatic carbocycles. The highest BCUT2D eigenvalue weighted by Gasteiger charge is 2.16. The number of hydrogen-bond acceptors (Lipinski definition) is 3. The summed E-state index contributed by atoms with van der Waals surface area (Å²) in [5.41, 5.74) is -0.392. The molecule has 0 saturated heterocycles. The molecule has 0 saturated carbocycles. The zero-order valence-corrected chi connectivity index (χ0v) is 8.07. The Bertz CT molecular complexity index is 491. The molecule has 3 N–H and O–H groups in total. The highest BCUT2D eigenvalue weighted by Crippen LogP contribution is 2.20. The molecule has 82 valence electrons. The fraction of sp³-hybridized carbons (Fsp3) is 0. The highest BCUT2D eigenvalue weighted by molar-refractivity contribution is 6.05. The first kappa shape index (κ1) is 10.2. The van der Waals surface area contributed by atoms with Crippen LogP contribution >= 0.6 is 0 Å². The van der Waals surface area contributed by atoms with E-state index in [0.29, 0.717) is 5.82 Å². The minimum Gasteiger partial charge on any atom is -0.507 e. The first-order valence-corrected chi connectivity index (χ1v) is 4.46. The molecule has 0 radical (unpaired) electrons. The highest BCUT2D eigenvalue weighted by atomic mass is 19.1. The Hall–Kier alpha value is -2.37. The lowest BCUT2D eigenvalue weighted by molar-refractivity contribution is 0.102. The topological polar surface area (TPSA) is 78.0 Å². The Balaban J connectivity index is 2.28. The van der Waals surface area contributed by atoms with Gasteiger partial charge in [-0.05, 0) is 12.1 Å². The third kappa shape index (κ3) is 1.85. The second-order valence-corrected chi connectivity index (χ2v) is 3.06. The van der Waals surface area contributed by atoms with Gasteiger partial charge in [0.1, 0.15) is 22.9 Å². The fourth-order valence-electron chi connectivity index (χ4n) is 1.25. The molecule has 2 rings (SSSR count). The predicted octanol–water partition coefficient (Wildman–Crippen LogP) is 1.51. The molecule has 1 aromatic heterocycles. The van der Waals surface area contributed by atoms with Gasteiger partial charge in [-0.1, -0.05) is 6.07 Å². The van der Waals surface area contributed by atoms with Crippen LogP contribution in [0.5, 0.6) is 5.75 Å². The summed E-state index contributed by atoms with van der Waals surface area (Å²) >= 11 is 0. The maximum atomic E-state index is 13.3. The molecule has 0 spiro atoms. The van der Waals surface area contributed by atoms with Gasteiger partial charge >= 0.3 is 0 Å². The van der Waals surface area contributed by atoms with Crippen LogP contribution in [0.3, 0.4) is 0 Å². The van der Waals surface area contributed by atoms with E-state index in [0.717, 1.165) is 6.07 Å². The number of nitrogens with one attached hydrogen (secondary N) is 2. The van der Waals surface area contributed by atoms with Crippen LogP contribution in [0.4, 0.5) is 10.2 Å². The van der Waals surface area contributed by atoms with Crippen molar-refractivity contribution >= 4 is 11.7 Å². The predicted molar refractivity (Wildman–Crippen MR) is 54.6 cm³/mol. The number of benzene rings is 1. The van der Waals surface area contributed by atoms with Gasteiger partial charge in [-0.2, -0.15) is 5.10 Å². The lowest BCUT2D eigenvalue weighted by Crippen LogP contribution is -2.14. The van der Waals surface area contributed by atoms with E-state index in [4.69, 9.17) is 0 Å². The molecule has 0 fully saturated rings. The van der Waals surface area contributed by atoms with Crippen molar-refractivity contribution in [1.29, 1.82) is 0 Å². The minimum absolute atomic E-state index is 0.327. The number of amides is 1. The number of carbonyl (C=O) groups is 1. The zero-order chi connectivity index (χ0) is 11.5. The maximum Gasteiger partial charge on any atom is 0.263 e. The lowest BCUT2D eigenvalue weighted by Gasteiger charge is -2.05.